The molecule has 0 amide bonds. The van der Waals surface area contributed by atoms with Crippen LogP contribution in [0.4, 0.5) is 0 Å². The quantitative estimate of drug-likeness (QED) is 0.0618. The summed E-state index contributed by atoms with van der Waals surface area (Å²) in [6, 6.07) is 6.20. The van der Waals surface area contributed by atoms with Crippen LogP contribution in [0.1, 0.15) is 118 Å². The molecular weight excluding hydrogens is 656 g/mol. The van der Waals surface area contributed by atoms with Crippen LogP contribution < -0.4 is 0 Å². The van der Waals surface area contributed by atoms with E-state index in [1.165, 1.54) is 24.3 Å². The molecule has 2 aromatic rings. The summed E-state index contributed by atoms with van der Waals surface area (Å²) in [6.07, 6.45) is 3.57. The lowest BCUT2D eigenvalue weighted by molar-refractivity contribution is -0.144. The molecule has 2 aromatic heterocycles. The second-order valence-corrected chi connectivity index (χ2v) is 10.4. The standard InChI is InChI=1S/C18H24O7.C18H22O7/c2*1-3-23-17(21)11-6-13(19)5-7-14-8-10-16(25-14)15(20)9-12-18(22)24-4-2/h8,10H,3-7,9,11-12H2,1-2H3;5,7-8,10H,3-4,6,9,11-12H2,1-2H3/b;7-5+. The summed E-state index contributed by atoms with van der Waals surface area (Å²) >= 11 is 0. The van der Waals surface area contributed by atoms with E-state index < -0.39 is 17.9 Å². The normalized spacial score (nSPS) is 10.5. The van der Waals surface area contributed by atoms with Crippen molar-refractivity contribution in [1.82, 2.24) is 0 Å². The lowest BCUT2D eigenvalue weighted by Gasteiger charge is -2.01. The summed E-state index contributed by atoms with van der Waals surface area (Å²) < 4.78 is 29.7. The molecule has 0 bridgehead atoms. The van der Waals surface area contributed by atoms with Gasteiger partial charge in [-0.3, -0.25) is 38.4 Å². The molecule has 0 aliphatic heterocycles. The highest BCUT2D eigenvalue weighted by Crippen LogP contribution is 2.15. The van der Waals surface area contributed by atoms with Crippen molar-refractivity contribution in [3.05, 3.63) is 53.4 Å². The first-order chi connectivity index (χ1) is 23.9. The number of hydrogen-bond acceptors (Lipinski definition) is 14. The number of rotatable bonds is 23. The van der Waals surface area contributed by atoms with Crippen LogP contribution in [0.3, 0.4) is 0 Å². The van der Waals surface area contributed by atoms with Gasteiger partial charge in [-0.25, -0.2) is 0 Å². The zero-order chi connectivity index (χ0) is 37.3. The number of ether oxygens (including phenoxy) is 4. The molecule has 0 atom stereocenters. The van der Waals surface area contributed by atoms with Gasteiger partial charge in [-0.2, -0.15) is 0 Å². The highest BCUT2D eigenvalue weighted by Gasteiger charge is 2.16. The average Bonchev–Trinajstić information content (AvgIpc) is 3.77. The van der Waals surface area contributed by atoms with Crippen LogP contribution in [0.25, 0.3) is 6.08 Å². The molecule has 0 aliphatic rings. The molecule has 2 rings (SSSR count). The third-order valence-corrected chi connectivity index (χ3v) is 6.44. The first-order valence-corrected chi connectivity index (χ1v) is 16.5. The van der Waals surface area contributed by atoms with E-state index in [0.717, 1.165) is 0 Å². The van der Waals surface area contributed by atoms with Gasteiger partial charge in [0.1, 0.15) is 17.3 Å². The molecule has 14 nitrogen and oxygen atoms in total. The van der Waals surface area contributed by atoms with Crippen molar-refractivity contribution in [3.63, 3.8) is 0 Å². The van der Waals surface area contributed by atoms with Crippen molar-refractivity contribution in [1.29, 1.82) is 0 Å². The molecule has 0 aromatic carbocycles. The van der Waals surface area contributed by atoms with E-state index in [1.807, 2.05) is 0 Å². The lowest BCUT2D eigenvalue weighted by atomic mass is 10.1. The van der Waals surface area contributed by atoms with Crippen molar-refractivity contribution in [2.45, 2.75) is 91.9 Å². The van der Waals surface area contributed by atoms with Gasteiger partial charge in [-0.1, -0.05) is 0 Å². The third kappa shape index (κ3) is 19.0. The SMILES string of the molecule is CCOC(=O)CCC(=O)/C=C/c1ccc(C(=O)CCC(=O)OCC)o1.CCOC(=O)CCC(=O)CCc1ccc(C(=O)CCC(=O)OCC)o1. The Morgan fingerprint density at radius 3 is 1.46 bits per heavy atom. The van der Waals surface area contributed by atoms with E-state index in [-0.39, 0.29) is 118 Å². The van der Waals surface area contributed by atoms with Crippen LogP contribution in [0.15, 0.2) is 39.2 Å². The fraction of sp³-hybridized carbons (Fsp3) is 0.500. The number of aryl methyl sites for hydroxylation is 1. The molecule has 0 radical (unpaired) electrons. The molecule has 0 spiro atoms. The van der Waals surface area contributed by atoms with Crippen molar-refractivity contribution in [2.75, 3.05) is 26.4 Å². The average molecular weight is 703 g/mol. The number of carbonyl (C=O) groups is 8. The van der Waals surface area contributed by atoms with Crippen molar-refractivity contribution in [2.24, 2.45) is 0 Å². The minimum absolute atomic E-state index is 0.00598. The van der Waals surface area contributed by atoms with Gasteiger partial charge in [0.05, 0.1) is 52.1 Å². The van der Waals surface area contributed by atoms with Gasteiger partial charge in [-0.15, -0.1) is 0 Å². The first kappa shape index (κ1) is 42.9. The smallest absolute Gasteiger partial charge is 0.306 e. The summed E-state index contributed by atoms with van der Waals surface area (Å²) in [5, 5.41) is 0. The second-order valence-electron chi connectivity index (χ2n) is 10.4. The molecule has 0 saturated carbocycles. The van der Waals surface area contributed by atoms with Crippen molar-refractivity contribution < 1.29 is 66.1 Å². The predicted octanol–water partition coefficient (Wildman–Crippen LogP) is 5.38. The molecule has 50 heavy (non-hydrogen) atoms. The summed E-state index contributed by atoms with van der Waals surface area (Å²) in [4.78, 5) is 92.0. The number of Topliss-reactive ketones (excluding diaryl/α,β-unsaturated/α-hetero) is 3. The van der Waals surface area contributed by atoms with Gasteiger partial charge >= 0.3 is 23.9 Å². The second kappa shape index (κ2) is 24.9. The van der Waals surface area contributed by atoms with E-state index >= 15 is 0 Å². The molecule has 0 saturated heterocycles. The van der Waals surface area contributed by atoms with Crippen molar-refractivity contribution in [3.8, 4) is 0 Å². The van der Waals surface area contributed by atoms with Gasteiger partial charge in [0.2, 0.25) is 0 Å². The number of ketones is 4. The van der Waals surface area contributed by atoms with Crippen LogP contribution in [0.5, 0.6) is 0 Å². The molecule has 14 heteroatoms. The topological polar surface area (TPSA) is 200 Å². The summed E-state index contributed by atoms with van der Waals surface area (Å²) in [6.45, 7) is 7.93. The zero-order valence-electron chi connectivity index (χ0n) is 29.1. The molecule has 0 fully saturated rings. The summed E-state index contributed by atoms with van der Waals surface area (Å²) in [5.74, 6) is -1.45. The lowest BCUT2D eigenvalue weighted by Crippen LogP contribution is -2.08. The monoisotopic (exact) mass is 702 g/mol. The fourth-order valence-corrected chi connectivity index (χ4v) is 3.98. The van der Waals surface area contributed by atoms with E-state index in [4.69, 9.17) is 27.8 Å². The Kier molecular flexibility index (Phi) is 21.4. The van der Waals surface area contributed by atoms with Gasteiger partial charge in [0.25, 0.3) is 0 Å². The number of esters is 4. The largest absolute Gasteiger partial charge is 0.466 e. The Morgan fingerprint density at radius 1 is 0.520 bits per heavy atom. The van der Waals surface area contributed by atoms with Crippen LogP contribution in [0.2, 0.25) is 0 Å². The van der Waals surface area contributed by atoms with Gasteiger partial charge < -0.3 is 27.8 Å². The van der Waals surface area contributed by atoms with E-state index in [0.29, 0.717) is 24.5 Å². The van der Waals surface area contributed by atoms with Crippen LogP contribution >= 0.6 is 0 Å². The Hall–Kier alpha value is -5.14. The van der Waals surface area contributed by atoms with Crippen LogP contribution in [-0.4, -0.2) is 73.4 Å². The molecule has 274 valence electrons. The maximum absolute atomic E-state index is 11.9. The highest BCUT2D eigenvalue weighted by atomic mass is 16.5. The number of furan rings is 2. The molecule has 2 heterocycles. The molecule has 0 unspecified atom stereocenters. The zero-order valence-corrected chi connectivity index (χ0v) is 29.1. The van der Waals surface area contributed by atoms with Crippen molar-refractivity contribution >= 4 is 53.1 Å². The van der Waals surface area contributed by atoms with Crippen LogP contribution in [0, 0.1) is 0 Å². The fourth-order valence-electron chi connectivity index (χ4n) is 3.98. The third-order valence-electron chi connectivity index (χ3n) is 6.44. The van der Waals surface area contributed by atoms with Gasteiger partial charge in [0.15, 0.2) is 28.9 Å². The molecule has 0 N–H and O–H groups in total. The molecular formula is C36H46O14. The Bertz CT molecular complexity index is 1460. The van der Waals surface area contributed by atoms with E-state index in [2.05, 4.69) is 0 Å². The summed E-state index contributed by atoms with van der Waals surface area (Å²) in [7, 11) is 0. The van der Waals surface area contributed by atoms with Gasteiger partial charge in [-0.05, 0) is 64.1 Å². The minimum Gasteiger partial charge on any atom is -0.466 e. The predicted molar refractivity (Wildman–Crippen MR) is 177 cm³/mol. The number of carbonyl (C=O) groups excluding carboxylic acids is 8. The maximum Gasteiger partial charge on any atom is 0.306 e. The Labute approximate surface area is 290 Å². The Balaban J connectivity index is 0.000000500. The maximum atomic E-state index is 11.9. The minimum atomic E-state index is -0.435. The van der Waals surface area contributed by atoms with Gasteiger partial charge in [0, 0.05) is 38.5 Å². The van der Waals surface area contributed by atoms with E-state index in [1.54, 1.807) is 39.8 Å². The highest BCUT2D eigenvalue weighted by molar-refractivity contribution is 5.97. The molecule has 0 aliphatic carbocycles. The van der Waals surface area contributed by atoms with Crippen LogP contribution in [-0.2, 0) is 54.1 Å². The Morgan fingerprint density at radius 2 is 0.960 bits per heavy atom. The first-order valence-electron chi connectivity index (χ1n) is 16.5. The summed E-state index contributed by atoms with van der Waals surface area (Å²) in [5.41, 5.74) is 0. The van der Waals surface area contributed by atoms with E-state index in [9.17, 15) is 38.4 Å². The number of hydrogen-bond donors (Lipinski definition) is 0. The number of allylic oxidation sites excluding steroid dienone is 1.